The van der Waals surface area contributed by atoms with Crippen molar-refractivity contribution in [3.63, 3.8) is 0 Å². The van der Waals surface area contributed by atoms with E-state index in [-0.39, 0.29) is 57.7 Å². The molecular formula is C42H40N4O10S2. The Hall–Kier alpha value is -6.00. The minimum atomic E-state index is -4.00. The van der Waals surface area contributed by atoms with Gasteiger partial charge >= 0.3 is 0 Å². The molecule has 4 aromatic rings. The summed E-state index contributed by atoms with van der Waals surface area (Å²) in [7, 11) is -8.01. The molecule has 0 unspecified atom stereocenters. The number of allylic oxidation sites excluding steroid dienone is 4. The molecular weight excluding hydrogens is 785 g/mol. The SMILES string of the molecule is CC1=C(N(Cc2ccccc2)S(=O)(=O)c2ccc([N+](=O)[O-])cc2)[C@@H]2CC[C@H]1C2=O.CC1=C(N(Cc2ccccc2)S(=O)(=O)c2ccc([N+](=O)[O-])cc2)[C@H]2CC[C@@H]1C2=O. The molecule has 0 radical (unpaired) electrons. The van der Waals surface area contributed by atoms with Crippen LogP contribution in [0.4, 0.5) is 11.4 Å². The van der Waals surface area contributed by atoms with Gasteiger partial charge in [-0.2, -0.15) is 0 Å². The van der Waals surface area contributed by atoms with Crippen molar-refractivity contribution in [3.05, 3.63) is 163 Å². The fourth-order valence-corrected chi connectivity index (χ4v) is 11.8. The number of ketones is 2. The van der Waals surface area contributed by atoms with Crippen molar-refractivity contribution in [2.75, 3.05) is 0 Å². The van der Waals surface area contributed by atoms with Crippen LogP contribution >= 0.6 is 0 Å². The van der Waals surface area contributed by atoms with E-state index in [0.29, 0.717) is 24.2 Å². The highest BCUT2D eigenvalue weighted by Crippen LogP contribution is 2.50. The quantitative estimate of drug-likeness (QED) is 0.103. The molecule has 0 spiro atoms. The second-order valence-electron chi connectivity index (χ2n) is 14.8. The zero-order chi connectivity index (χ0) is 41.5. The van der Waals surface area contributed by atoms with Crippen LogP contribution in [0, 0.1) is 43.9 Å². The number of non-ortho nitro benzene ring substituents is 2. The molecule has 4 aliphatic carbocycles. The zero-order valence-corrected chi connectivity index (χ0v) is 33.3. The third-order valence-corrected chi connectivity index (χ3v) is 15.1. The Labute approximate surface area is 335 Å². The number of sulfonamides is 2. The maximum atomic E-state index is 13.5. The number of hydrogen-bond acceptors (Lipinski definition) is 10. The van der Waals surface area contributed by atoms with E-state index >= 15 is 0 Å². The van der Waals surface area contributed by atoms with Gasteiger partial charge in [0.25, 0.3) is 31.4 Å². The van der Waals surface area contributed by atoms with Gasteiger partial charge in [0, 0.05) is 47.5 Å². The molecule has 14 nitrogen and oxygen atoms in total. The van der Waals surface area contributed by atoms with Crippen LogP contribution in [0.5, 0.6) is 0 Å². The Morgan fingerprint density at radius 2 is 0.828 bits per heavy atom. The topological polar surface area (TPSA) is 195 Å². The van der Waals surface area contributed by atoms with Gasteiger partial charge < -0.3 is 0 Å². The van der Waals surface area contributed by atoms with Crippen molar-refractivity contribution in [3.8, 4) is 0 Å². The minimum absolute atomic E-state index is 0.0328. The summed E-state index contributed by atoms with van der Waals surface area (Å²) >= 11 is 0. The zero-order valence-electron chi connectivity index (χ0n) is 31.6. The number of hydrogen-bond donors (Lipinski definition) is 0. The minimum Gasteiger partial charge on any atom is -0.298 e. The first-order valence-electron chi connectivity index (χ1n) is 18.7. The Balaban J connectivity index is 0.000000177. The van der Waals surface area contributed by atoms with Crippen molar-refractivity contribution in [1.29, 1.82) is 0 Å². The highest BCUT2D eigenvalue weighted by molar-refractivity contribution is 7.89. The molecule has 0 N–H and O–H groups in total. The Morgan fingerprint density at radius 3 is 1.10 bits per heavy atom. The highest BCUT2D eigenvalue weighted by atomic mass is 32.2. The number of Topliss-reactive ketones (excluding diaryl/α,β-unsaturated/α-hetero) is 2. The standard InChI is InChI=1S/2C21H20N2O5S/c2*1-14-18-11-12-19(21(18)24)20(14)22(13-15-5-3-2-4-6-15)29(27,28)17-9-7-16(8-10-17)23(25)26/h2*2-10,18-19H,11-13H2,1H3/t2*18-,19+/m10/s1. The first-order chi connectivity index (χ1) is 27.6. The summed E-state index contributed by atoms with van der Waals surface area (Å²) in [5, 5.41) is 21.8. The van der Waals surface area contributed by atoms with Gasteiger partial charge in [0.15, 0.2) is 0 Å². The summed E-state index contributed by atoms with van der Waals surface area (Å²) in [5.41, 5.74) is 4.00. The van der Waals surface area contributed by atoms with Crippen LogP contribution in [-0.2, 0) is 42.7 Å². The van der Waals surface area contributed by atoms with Crippen molar-refractivity contribution < 1.29 is 36.3 Å². The number of nitrogens with zero attached hydrogens (tertiary/aromatic N) is 4. The normalized spacial score (nSPS) is 20.9. The fourth-order valence-electron chi connectivity index (χ4n) is 8.60. The molecule has 0 aromatic heterocycles. The lowest BCUT2D eigenvalue weighted by atomic mass is 9.97. The second-order valence-corrected chi connectivity index (χ2v) is 18.5. The summed E-state index contributed by atoms with van der Waals surface area (Å²) in [6, 6.07) is 28.1. The van der Waals surface area contributed by atoms with Crippen molar-refractivity contribution in [2.24, 2.45) is 23.7 Å². The highest BCUT2D eigenvalue weighted by Gasteiger charge is 2.50. The van der Waals surface area contributed by atoms with E-state index < -0.39 is 41.7 Å². The molecule has 58 heavy (non-hydrogen) atoms. The largest absolute Gasteiger partial charge is 0.298 e. The Kier molecular flexibility index (Phi) is 10.9. The summed E-state index contributed by atoms with van der Waals surface area (Å²) in [6.07, 6.45) is 2.82. The molecule has 0 saturated heterocycles. The molecule has 4 aliphatic rings. The number of carbonyl (C=O) groups is 2. The van der Waals surface area contributed by atoms with Crippen molar-refractivity contribution in [2.45, 2.75) is 62.4 Å². The van der Waals surface area contributed by atoms with E-state index in [1.54, 1.807) is 0 Å². The molecule has 2 saturated carbocycles. The van der Waals surface area contributed by atoms with E-state index in [9.17, 15) is 46.7 Å². The third-order valence-electron chi connectivity index (χ3n) is 11.5. The average Bonchev–Trinajstić information content (AvgIpc) is 3.91. The van der Waals surface area contributed by atoms with E-state index in [4.69, 9.17) is 0 Å². The molecule has 300 valence electrons. The van der Waals surface area contributed by atoms with Crippen LogP contribution < -0.4 is 0 Å². The van der Waals surface area contributed by atoms with Gasteiger partial charge in [-0.15, -0.1) is 0 Å². The van der Waals surface area contributed by atoms with Crippen LogP contribution in [0.15, 0.2) is 142 Å². The molecule has 4 bridgehead atoms. The van der Waals surface area contributed by atoms with Gasteiger partial charge in [0.2, 0.25) is 0 Å². The number of rotatable bonds is 12. The van der Waals surface area contributed by atoms with Gasteiger partial charge in [0.1, 0.15) is 11.6 Å². The number of fused-ring (bicyclic) bond motifs is 4. The predicted octanol–water partition coefficient (Wildman–Crippen LogP) is 7.34. The summed E-state index contributed by atoms with van der Waals surface area (Å²) in [4.78, 5) is 45.8. The lowest BCUT2D eigenvalue weighted by Gasteiger charge is -2.30. The number of carbonyl (C=O) groups excluding carboxylic acids is 2. The average molecular weight is 825 g/mol. The van der Waals surface area contributed by atoms with Crippen LogP contribution in [0.25, 0.3) is 0 Å². The Bertz CT molecular complexity index is 2400. The lowest BCUT2D eigenvalue weighted by Crippen LogP contribution is -2.33. The van der Waals surface area contributed by atoms with Crippen LogP contribution in [0.1, 0.15) is 50.7 Å². The van der Waals surface area contributed by atoms with Crippen LogP contribution in [-0.4, -0.2) is 46.9 Å². The van der Waals surface area contributed by atoms with Crippen molar-refractivity contribution >= 4 is 43.0 Å². The van der Waals surface area contributed by atoms with Gasteiger partial charge in [-0.05, 0) is 86.1 Å². The van der Waals surface area contributed by atoms with Gasteiger partial charge in [0.05, 0.1) is 44.6 Å². The second kappa shape index (κ2) is 15.7. The van der Waals surface area contributed by atoms with Crippen LogP contribution in [0.3, 0.4) is 0 Å². The van der Waals surface area contributed by atoms with E-state index in [2.05, 4.69) is 0 Å². The predicted molar refractivity (Wildman–Crippen MR) is 212 cm³/mol. The molecule has 0 amide bonds. The number of nitro groups is 2. The Morgan fingerprint density at radius 1 is 0.517 bits per heavy atom. The smallest absolute Gasteiger partial charge is 0.269 e. The maximum absolute atomic E-state index is 13.5. The summed E-state index contributed by atoms with van der Waals surface area (Å²) < 4.78 is 56.8. The summed E-state index contributed by atoms with van der Waals surface area (Å²) in [6.45, 7) is 3.87. The third kappa shape index (κ3) is 7.33. The summed E-state index contributed by atoms with van der Waals surface area (Å²) in [5.74, 6) is -1.04. The maximum Gasteiger partial charge on any atom is 0.269 e. The molecule has 4 aromatic carbocycles. The molecule has 2 fully saturated rings. The van der Waals surface area contributed by atoms with E-state index in [0.717, 1.165) is 35.1 Å². The molecule has 0 heterocycles. The van der Waals surface area contributed by atoms with Crippen LogP contribution in [0.2, 0.25) is 0 Å². The fraction of sp³-hybridized carbons (Fsp3) is 0.286. The molecule has 0 aliphatic heterocycles. The first-order valence-corrected chi connectivity index (χ1v) is 21.6. The molecule has 4 atom stereocenters. The van der Waals surface area contributed by atoms with Crippen molar-refractivity contribution in [1.82, 2.24) is 8.61 Å². The van der Waals surface area contributed by atoms with Gasteiger partial charge in [-0.3, -0.25) is 38.4 Å². The first kappa shape index (κ1) is 40.2. The molecule has 8 rings (SSSR count). The number of benzene rings is 4. The monoisotopic (exact) mass is 824 g/mol. The molecule has 16 heteroatoms. The van der Waals surface area contributed by atoms with Gasteiger partial charge in [-0.1, -0.05) is 60.7 Å². The lowest BCUT2D eigenvalue weighted by molar-refractivity contribution is -0.385. The van der Waals surface area contributed by atoms with E-state index in [1.165, 1.54) is 57.1 Å². The van der Waals surface area contributed by atoms with Gasteiger partial charge in [-0.25, -0.2) is 16.8 Å². The number of nitro benzene ring substituents is 2. The van der Waals surface area contributed by atoms with E-state index in [1.807, 2.05) is 74.5 Å².